The van der Waals surface area contributed by atoms with Crippen LogP contribution in [0.3, 0.4) is 0 Å². The average Bonchev–Trinajstić information content (AvgIpc) is 3.07. The highest BCUT2D eigenvalue weighted by Crippen LogP contribution is 2.21. The summed E-state index contributed by atoms with van der Waals surface area (Å²) in [5.74, 6) is 0.901. The van der Waals surface area contributed by atoms with Crippen LogP contribution in [0.25, 0.3) is 5.69 Å². The van der Waals surface area contributed by atoms with Crippen LogP contribution in [0.5, 0.6) is 0 Å². The zero-order valence-corrected chi connectivity index (χ0v) is 18.1. The number of rotatable bonds is 7. The molecule has 3 aromatic rings. The predicted octanol–water partition coefficient (Wildman–Crippen LogP) is 4.11. The van der Waals surface area contributed by atoms with Gasteiger partial charge >= 0.3 is 0 Å². The predicted molar refractivity (Wildman–Crippen MR) is 115 cm³/mol. The Bertz CT molecular complexity index is 1060. The molecule has 1 aromatic carbocycles. The van der Waals surface area contributed by atoms with Gasteiger partial charge in [0.1, 0.15) is 5.82 Å². The van der Waals surface area contributed by atoms with Gasteiger partial charge in [0.2, 0.25) is 0 Å². The number of aryl methyl sites for hydroxylation is 3. The van der Waals surface area contributed by atoms with E-state index in [1.165, 1.54) is 11.1 Å². The van der Waals surface area contributed by atoms with E-state index in [4.69, 9.17) is 17.3 Å². The van der Waals surface area contributed by atoms with Crippen LogP contribution in [0.1, 0.15) is 28.3 Å². The zero-order valence-electron chi connectivity index (χ0n) is 17.3. The summed E-state index contributed by atoms with van der Waals surface area (Å²) in [4.78, 5) is 2.21. The van der Waals surface area contributed by atoms with Crippen LogP contribution in [-0.4, -0.2) is 36.1 Å². The third-order valence-corrected chi connectivity index (χ3v) is 5.44. The van der Waals surface area contributed by atoms with Crippen molar-refractivity contribution in [2.45, 2.75) is 47.5 Å². The Balaban J connectivity index is 1.83. The Kier molecular flexibility index (Phi) is 5.96. The number of hydrogen-bond acceptors (Lipinski definition) is 4. The number of benzene rings is 1. The van der Waals surface area contributed by atoms with Gasteiger partial charge in [0, 0.05) is 24.3 Å². The second-order valence-corrected chi connectivity index (χ2v) is 7.60. The van der Waals surface area contributed by atoms with Gasteiger partial charge < -0.3 is 4.57 Å². The molecule has 0 amide bonds. The van der Waals surface area contributed by atoms with Gasteiger partial charge in [-0.05, 0) is 58.6 Å². The van der Waals surface area contributed by atoms with Gasteiger partial charge in [-0.15, -0.1) is 6.58 Å². The highest BCUT2D eigenvalue weighted by molar-refractivity contribution is 7.71. The van der Waals surface area contributed by atoms with E-state index in [1.54, 1.807) is 0 Å². The van der Waals surface area contributed by atoms with Crippen LogP contribution in [0.4, 0.5) is 0 Å². The van der Waals surface area contributed by atoms with Gasteiger partial charge in [0.25, 0.3) is 0 Å². The Morgan fingerprint density at radius 3 is 2.54 bits per heavy atom. The summed E-state index contributed by atoms with van der Waals surface area (Å²) in [7, 11) is 2.08. The molecule has 7 heteroatoms. The largest absolute Gasteiger partial charge is 0.300 e. The van der Waals surface area contributed by atoms with E-state index in [1.807, 2.05) is 33.0 Å². The minimum absolute atomic E-state index is 0.623. The van der Waals surface area contributed by atoms with E-state index in [9.17, 15) is 0 Å². The van der Waals surface area contributed by atoms with Crippen LogP contribution in [0.2, 0.25) is 0 Å². The molecule has 148 valence electrons. The Morgan fingerprint density at radius 2 is 1.86 bits per heavy atom. The van der Waals surface area contributed by atoms with Crippen molar-refractivity contribution in [3.63, 3.8) is 0 Å². The van der Waals surface area contributed by atoms with Crippen molar-refractivity contribution in [2.75, 3.05) is 7.05 Å². The minimum atomic E-state index is 0.623. The number of allylic oxidation sites excluding steroid dienone is 1. The van der Waals surface area contributed by atoms with E-state index in [-0.39, 0.29) is 0 Å². The van der Waals surface area contributed by atoms with Crippen molar-refractivity contribution in [3.8, 4) is 5.69 Å². The first-order valence-electron chi connectivity index (χ1n) is 9.38. The molecule has 0 aliphatic carbocycles. The maximum Gasteiger partial charge on any atom is 0.199 e. The SMILES string of the molecule is C=CCn1c(C)nn(CN(C)Cc2c(C)nn(-c3ccccc3C)c2C)c1=S. The van der Waals surface area contributed by atoms with Gasteiger partial charge in [-0.25, -0.2) is 9.36 Å². The minimum Gasteiger partial charge on any atom is -0.300 e. The van der Waals surface area contributed by atoms with Crippen LogP contribution < -0.4 is 0 Å². The lowest BCUT2D eigenvalue weighted by Crippen LogP contribution is -2.23. The van der Waals surface area contributed by atoms with Crippen molar-refractivity contribution in [1.82, 2.24) is 29.0 Å². The standard InChI is InChI=1S/C21H28N6S/c1-7-12-25-18(5)23-26(21(25)28)14-24(6)13-19-16(3)22-27(17(19)4)20-11-9-8-10-15(20)2/h7-11H,1,12-14H2,2-6H3. The normalized spacial score (nSPS) is 11.4. The van der Waals surface area contributed by atoms with Crippen molar-refractivity contribution < 1.29 is 0 Å². The molecule has 0 unspecified atom stereocenters. The van der Waals surface area contributed by atoms with Crippen LogP contribution >= 0.6 is 12.2 Å². The first-order chi connectivity index (χ1) is 13.3. The third-order valence-electron chi connectivity index (χ3n) is 5.01. The van der Waals surface area contributed by atoms with E-state index >= 15 is 0 Å². The van der Waals surface area contributed by atoms with Gasteiger partial charge in [0.05, 0.1) is 18.1 Å². The fraction of sp³-hybridized carbons (Fsp3) is 0.381. The molecule has 0 aliphatic heterocycles. The molecule has 0 atom stereocenters. The summed E-state index contributed by atoms with van der Waals surface area (Å²) >= 11 is 5.57. The number of aromatic nitrogens is 5. The second-order valence-electron chi connectivity index (χ2n) is 7.23. The van der Waals surface area contributed by atoms with Crippen LogP contribution in [-0.2, 0) is 19.8 Å². The van der Waals surface area contributed by atoms with Crippen LogP contribution in [0.15, 0.2) is 36.9 Å². The Labute approximate surface area is 171 Å². The average molecular weight is 397 g/mol. The number of nitrogens with zero attached hydrogens (tertiary/aromatic N) is 6. The van der Waals surface area contributed by atoms with Crippen molar-refractivity contribution >= 4 is 12.2 Å². The molecule has 0 spiro atoms. The van der Waals surface area contributed by atoms with Crippen molar-refractivity contribution in [2.24, 2.45) is 0 Å². The third kappa shape index (κ3) is 3.86. The lowest BCUT2D eigenvalue weighted by Gasteiger charge is -2.17. The summed E-state index contributed by atoms with van der Waals surface area (Å²) in [6.45, 7) is 14.1. The summed E-state index contributed by atoms with van der Waals surface area (Å²) in [5, 5.41) is 9.38. The number of para-hydroxylation sites is 1. The molecule has 3 rings (SSSR count). The van der Waals surface area contributed by atoms with Crippen LogP contribution in [0, 0.1) is 32.5 Å². The molecule has 0 saturated carbocycles. The molecule has 0 saturated heterocycles. The first kappa shape index (κ1) is 20.2. The summed E-state index contributed by atoms with van der Waals surface area (Å²) in [6, 6.07) is 8.32. The molecule has 0 N–H and O–H groups in total. The fourth-order valence-electron chi connectivity index (χ4n) is 3.47. The quantitative estimate of drug-likeness (QED) is 0.445. The summed E-state index contributed by atoms with van der Waals surface area (Å²) < 4.78 is 6.61. The molecule has 6 nitrogen and oxygen atoms in total. The van der Waals surface area contributed by atoms with Crippen molar-refractivity contribution in [1.29, 1.82) is 0 Å². The lowest BCUT2D eigenvalue weighted by atomic mass is 10.1. The van der Waals surface area contributed by atoms with E-state index in [0.29, 0.717) is 18.0 Å². The number of hydrogen-bond donors (Lipinski definition) is 0. The summed E-state index contributed by atoms with van der Waals surface area (Å²) in [6.07, 6.45) is 1.84. The Morgan fingerprint density at radius 1 is 1.14 bits per heavy atom. The lowest BCUT2D eigenvalue weighted by molar-refractivity contribution is 0.242. The zero-order chi connectivity index (χ0) is 20.4. The van der Waals surface area contributed by atoms with E-state index in [0.717, 1.165) is 29.4 Å². The molecule has 0 bridgehead atoms. The molecule has 0 fully saturated rings. The molecule has 2 aromatic heterocycles. The van der Waals surface area contributed by atoms with E-state index < -0.39 is 0 Å². The Hall–Kier alpha value is -2.51. The smallest absolute Gasteiger partial charge is 0.199 e. The molecule has 28 heavy (non-hydrogen) atoms. The maximum absolute atomic E-state index is 5.57. The highest BCUT2D eigenvalue weighted by Gasteiger charge is 2.16. The molecule has 0 radical (unpaired) electrons. The molecule has 0 aliphatic rings. The van der Waals surface area contributed by atoms with Gasteiger partial charge in [-0.1, -0.05) is 24.3 Å². The van der Waals surface area contributed by atoms with Gasteiger partial charge in [-0.2, -0.15) is 10.2 Å². The maximum atomic E-state index is 5.57. The summed E-state index contributed by atoms with van der Waals surface area (Å²) in [5.41, 5.74) is 5.78. The molecular weight excluding hydrogens is 368 g/mol. The first-order valence-corrected chi connectivity index (χ1v) is 9.79. The monoisotopic (exact) mass is 396 g/mol. The van der Waals surface area contributed by atoms with Gasteiger partial charge in [0.15, 0.2) is 4.77 Å². The second kappa shape index (κ2) is 8.24. The molecular formula is C21H28N6S. The van der Waals surface area contributed by atoms with Gasteiger partial charge in [-0.3, -0.25) is 4.90 Å². The molecule has 2 heterocycles. The highest BCUT2D eigenvalue weighted by atomic mass is 32.1. The fourth-order valence-corrected chi connectivity index (χ4v) is 3.77. The topological polar surface area (TPSA) is 43.8 Å². The van der Waals surface area contributed by atoms with E-state index in [2.05, 4.69) is 62.6 Å². The van der Waals surface area contributed by atoms with Crippen molar-refractivity contribution in [3.05, 3.63) is 70.0 Å².